The molecule has 0 aliphatic rings. The standard InChI is InChI=1S/C16H15NO3/c1-11-4-3-5-13(8-11)17-10-12-6-7-15(20-2)14(9-12)16(18)19/h3-10H,1-2H3,(H,18,19). The summed E-state index contributed by atoms with van der Waals surface area (Å²) >= 11 is 0. The van der Waals surface area contributed by atoms with Crippen LogP contribution in [0.25, 0.3) is 0 Å². The molecule has 0 aliphatic heterocycles. The smallest absolute Gasteiger partial charge is 0.339 e. The van der Waals surface area contributed by atoms with Gasteiger partial charge in [0.25, 0.3) is 0 Å². The minimum atomic E-state index is -1.02. The molecule has 0 aliphatic carbocycles. The topological polar surface area (TPSA) is 58.9 Å². The van der Waals surface area contributed by atoms with Crippen LogP contribution < -0.4 is 4.74 Å². The number of nitrogens with zero attached hydrogens (tertiary/aromatic N) is 1. The summed E-state index contributed by atoms with van der Waals surface area (Å²) < 4.78 is 5.01. The molecule has 0 bridgehead atoms. The first-order valence-corrected chi connectivity index (χ1v) is 6.12. The molecule has 2 rings (SSSR count). The van der Waals surface area contributed by atoms with E-state index >= 15 is 0 Å². The van der Waals surface area contributed by atoms with Gasteiger partial charge in [-0.1, -0.05) is 12.1 Å². The number of benzene rings is 2. The molecular weight excluding hydrogens is 254 g/mol. The highest BCUT2D eigenvalue weighted by Gasteiger charge is 2.10. The van der Waals surface area contributed by atoms with Gasteiger partial charge in [-0.2, -0.15) is 0 Å². The van der Waals surface area contributed by atoms with E-state index in [9.17, 15) is 4.79 Å². The number of aliphatic imine (C=N–C) groups is 1. The molecule has 0 atom stereocenters. The van der Waals surface area contributed by atoms with Gasteiger partial charge in [-0.15, -0.1) is 0 Å². The molecule has 1 N–H and O–H groups in total. The first-order chi connectivity index (χ1) is 9.60. The van der Waals surface area contributed by atoms with Crippen LogP contribution in [-0.4, -0.2) is 24.4 Å². The number of hydrogen-bond donors (Lipinski definition) is 1. The molecule has 2 aromatic carbocycles. The van der Waals surface area contributed by atoms with Crippen molar-refractivity contribution < 1.29 is 14.6 Å². The van der Waals surface area contributed by atoms with Crippen LogP contribution in [0.15, 0.2) is 47.5 Å². The van der Waals surface area contributed by atoms with Crippen molar-refractivity contribution in [2.24, 2.45) is 4.99 Å². The molecule has 0 radical (unpaired) electrons. The van der Waals surface area contributed by atoms with Crippen LogP contribution in [-0.2, 0) is 0 Å². The van der Waals surface area contributed by atoms with Gasteiger partial charge in [-0.05, 0) is 48.4 Å². The first-order valence-electron chi connectivity index (χ1n) is 6.12. The summed E-state index contributed by atoms with van der Waals surface area (Å²) in [4.78, 5) is 15.5. The van der Waals surface area contributed by atoms with E-state index < -0.39 is 5.97 Å². The van der Waals surface area contributed by atoms with Crippen LogP contribution in [0, 0.1) is 6.92 Å². The molecule has 0 saturated heterocycles. The average molecular weight is 269 g/mol. The Kier molecular flexibility index (Phi) is 4.15. The maximum atomic E-state index is 11.1. The lowest BCUT2D eigenvalue weighted by atomic mass is 10.1. The summed E-state index contributed by atoms with van der Waals surface area (Å²) in [7, 11) is 1.45. The Balaban J connectivity index is 2.30. The Morgan fingerprint density at radius 3 is 2.70 bits per heavy atom. The van der Waals surface area contributed by atoms with Crippen LogP contribution >= 0.6 is 0 Å². The third-order valence-corrected chi connectivity index (χ3v) is 2.82. The number of ether oxygens (including phenoxy) is 1. The van der Waals surface area contributed by atoms with Gasteiger partial charge in [0, 0.05) is 6.21 Å². The second-order valence-electron chi connectivity index (χ2n) is 4.36. The normalized spacial score (nSPS) is 10.7. The zero-order chi connectivity index (χ0) is 14.5. The summed E-state index contributed by atoms with van der Waals surface area (Å²) in [5, 5.41) is 9.12. The lowest BCUT2D eigenvalue weighted by Gasteiger charge is -2.05. The molecule has 0 fully saturated rings. The predicted octanol–water partition coefficient (Wildman–Crippen LogP) is 3.45. The van der Waals surface area contributed by atoms with E-state index in [0.29, 0.717) is 11.3 Å². The molecule has 0 aromatic heterocycles. The van der Waals surface area contributed by atoms with E-state index in [1.807, 2.05) is 31.2 Å². The third-order valence-electron chi connectivity index (χ3n) is 2.82. The number of rotatable bonds is 4. The van der Waals surface area contributed by atoms with E-state index in [4.69, 9.17) is 9.84 Å². The largest absolute Gasteiger partial charge is 0.496 e. The fourth-order valence-electron chi connectivity index (χ4n) is 1.83. The molecule has 0 unspecified atom stereocenters. The van der Waals surface area contributed by atoms with Crippen molar-refractivity contribution in [3.63, 3.8) is 0 Å². The van der Waals surface area contributed by atoms with E-state index in [1.165, 1.54) is 7.11 Å². The molecule has 2 aromatic rings. The predicted molar refractivity (Wildman–Crippen MR) is 78.4 cm³/mol. The number of carboxylic acids is 1. The first kappa shape index (κ1) is 13.8. The second-order valence-corrected chi connectivity index (χ2v) is 4.36. The molecule has 20 heavy (non-hydrogen) atoms. The summed E-state index contributed by atoms with van der Waals surface area (Å²) in [6.07, 6.45) is 1.64. The summed E-state index contributed by atoms with van der Waals surface area (Å²) in [6.45, 7) is 1.99. The fourth-order valence-corrected chi connectivity index (χ4v) is 1.83. The maximum Gasteiger partial charge on any atom is 0.339 e. The van der Waals surface area contributed by atoms with Gasteiger partial charge in [-0.3, -0.25) is 4.99 Å². The lowest BCUT2D eigenvalue weighted by Crippen LogP contribution is -2.01. The Morgan fingerprint density at radius 1 is 1.25 bits per heavy atom. The molecule has 4 heteroatoms. The maximum absolute atomic E-state index is 11.1. The number of hydrogen-bond acceptors (Lipinski definition) is 3. The summed E-state index contributed by atoms with van der Waals surface area (Å²) in [6, 6.07) is 12.7. The molecule has 0 amide bonds. The number of aryl methyl sites for hydroxylation is 1. The van der Waals surface area contributed by atoms with Gasteiger partial charge in [0.1, 0.15) is 11.3 Å². The van der Waals surface area contributed by atoms with E-state index in [1.54, 1.807) is 24.4 Å². The average Bonchev–Trinajstić information content (AvgIpc) is 2.45. The Labute approximate surface area is 117 Å². The number of methoxy groups -OCH3 is 1. The summed E-state index contributed by atoms with van der Waals surface area (Å²) in [5.41, 5.74) is 2.80. The van der Waals surface area contributed by atoms with Crippen molar-refractivity contribution in [1.29, 1.82) is 0 Å². The van der Waals surface area contributed by atoms with Crippen LogP contribution in [0.4, 0.5) is 5.69 Å². The highest BCUT2D eigenvalue weighted by atomic mass is 16.5. The van der Waals surface area contributed by atoms with E-state index in [-0.39, 0.29) is 5.56 Å². The zero-order valence-corrected chi connectivity index (χ0v) is 11.3. The lowest BCUT2D eigenvalue weighted by molar-refractivity contribution is 0.0693. The second kappa shape index (κ2) is 6.02. The van der Waals surface area contributed by atoms with Crippen molar-refractivity contribution in [2.75, 3.05) is 7.11 Å². The van der Waals surface area contributed by atoms with Crippen molar-refractivity contribution >= 4 is 17.9 Å². The van der Waals surface area contributed by atoms with Crippen LogP contribution in [0.5, 0.6) is 5.75 Å². The molecular formula is C16H15NO3. The fraction of sp³-hybridized carbons (Fsp3) is 0.125. The van der Waals surface area contributed by atoms with E-state index in [0.717, 1.165) is 11.3 Å². The Morgan fingerprint density at radius 2 is 2.05 bits per heavy atom. The third kappa shape index (κ3) is 3.23. The molecule has 0 saturated carbocycles. The van der Waals surface area contributed by atoms with Gasteiger partial charge < -0.3 is 9.84 Å². The molecule has 0 spiro atoms. The van der Waals surface area contributed by atoms with Crippen molar-refractivity contribution in [3.8, 4) is 5.75 Å². The van der Waals surface area contributed by atoms with Gasteiger partial charge in [0.15, 0.2) is 0 Å². The van der Waals surface area contributed by atoms with Gasteiger partial charge in [0.05, 0.1) is 12.8 Å². The van der Waals surface area contributed by atoms with Gasteiger partial charge in [0.2, 0.25) is 0 Å². The van der Waals surface area contributed by atoms with Crippen LogP contribution in [0.2, 0.25) is 0 Å². The number of aromatic carboxylic acids is 1. The Hall–Kier alpha value is -2.62. The number of carbonyl (C=O) groups is 1. The molecule has 102 valence electrons. The van der Waals surface area contributed by atoms with Crippen molar-refractivity contribution in [2.45, 2.75) is 6.92 Å². The van der Waals surface area contributed by atoms with Gasteiger partial charge >= 0.3 is 5.97 Å². The molecule has 4 nitrogen and oxygen atoms in total. The Bertz CT molecular complexity index is 663. The van der Waals surface area contributed by atoms with Crippen molar-refractivity contribution in [1.82, 2.24) is 0 Å². The van der Waals surface area contributed by atoms with Crippen LogP contribution in [0.1, 0.15) is 21.5 Å². The highest BCUT2D eigenvalue weighted by molar-refractivity contribution is 5.94. The minimum Gasteiger partial charge on any atom is -0.496 e. The zero-order valence-electron chi connectivity index (χ0n) is 11.3. The summed E-state index contributed by atoms with van der Waals surface area (Å²) in [5.74, 6) is -0.683. The van der Waals surface area contributed by atoms with Crippen LogP contribution in [0.3, 0.4) is 0 Å². The molecule has 0 heterocycles. The quantitative estimate of drug-likeness (QED) is 0.865. The SMILES string of the molecule is COc1ccc(C=Nc2cccc(C)c2)cc1C(=O)O. The van der Waals surface area contributed by atoms with E-state index in [2.05, 4.69) is 4.99 Å². The monoisotopic (exact) mass is 269 g/mol. The van der Waals surface area contributed by atoms with Crippen molar-refractivity contribution in [3.05, 3.63) is 59.2 Å². The highest BCUT2D eigenvalue weighted by Crippen LogP contribution is 2.20. The van der Waals surface area contributed by atoms with Gasteiger partial charge in [-0.25, -0.2) is 4.79 Å². The number of carboxylic acid groups (broad SMARTS) is 1. The minimum absolute atomic E-state index is 0.126.